The van der Waals surface area contributed by atoms with Crippen molar-refractivity contribution in [3.63, 3.8) is 0 Å². The van der Waals surface area contributed by atoms with Crippen LogP contribution in [0.1, 0.15) is 16.1 Å². The maximum atomic E-state index is 13.5. The van der Waals surface area contributed by atoms with Gasteiger partial charge in [-0.1, -0.05) is 41.4 Å². The van der Waals surface area contributed by atoms with Crippen molar-refractivity contribution in [3.8, 4) is 22.7 Å². The molecule has 1 heterocycles. The fraction of sp³-hybridized carbons (Fsp3) is 0.120. The number of hydrogen-bond acceptors (Lipinski definition) is 3. The number of ether oxygens (including phenoxy) is 1. The summed E-state index contributed by atoms with van der Waals surface area (Å²) in [5, 5.41) is 8.62. The van der Waals surface area contributed by atoms with Gasteiger partial charge in [0.1, 0.15) is 17.3 Å². The number of carbonyl (C=O) groups excluding carboxylic acids is 1. The Balaban J connectivity index is 1.61. The van der Waals surface area contributed by atoms with Crippen LogP contribution in [0.15, 0.2) is 72.8 Å². The van der Waals surface area contributed by atoms with Gasteiger partial charge in [0.15, 0.2) is 0 Å². The van der Waals surface area contributed by atoms with Crippen LogP contribution in [0.5, 0.6) is 5.75 Å². The molecule has 4 rings (SSSR count). The summed E-state index contributed by atoms with van der Waals surface area (Å²) in [5.74, 6) is -0.00879. The molecule has 0 bridgehead atoms. The van der Waals surface area contributed by atoms with Crippen LogP contribution >= 0.6 is 23.2 Å². The summed E-state index contributed by atoms with van der Waals surface area (Å²) < 4.78 is 20.3. The first-order valence-electron chi connectivity index (χ1n) is 10.2. The number of hydrogen-bond donors (Lipinski definition) is 1. The molecule has 4 aromatic rings. The van der Waals surface area contributed by atoms with Gasteiger partial charge in [-0.05, 0) is 66.6 Å². The average molecular weight is 484 g/mol. The highest BCUT2D eigenvalue weighted by Gasteiger charge is 2.18. The van der Waals surface area contributed by atoms with Gasteiger partial charge in [-0.25, -0.2) is 9.07 Å². The molecule has 1 N–H and O–H groups in total. The van der Waals surface area contributed by atoms with Crippen molar-refractivity contribution in [1.29, 1.82) is 0 Å². The van der Waals surface area contributed by atoms with Gasteiger partial charge >= 0.3 is 0 Å². The minimum atomic E-state index is -0.371. The van der Waals surface area contributed by atoms with Gasteiger partial charge in [-0.2, -0.15) is 5.10 Å². The summed E-state index contributed by atoms with van der Waals surface area (Å²) in [7, 11) is 1.59. The first-order chi connectivity index (χ1) is 15.9. The quantitative estimate of drug-likeness (QED) is 0.352. The second kappa shape index (κ2) is 10.1. The molecular weight excluding hydrogens is 464 g/mol. The molecule has 1 amide bonds. The number of nitrogens with one attached hydrogen (secondary N) is 1. The monoisotopic (exact) mass is 483 g/mol. The minimum absolute atomic E-state index is 0.314. The van der Waals surface area contributed by atoms with Crippen molar-refractivity contribution >= 4 is 29.1 Å². The molecule has 168 valence electrons. The summed E-state index contributed by atoms with van der Waals surface area (Å²) in [5.41, 5.74) is 3.14. The summed E-state index contributed by atoms with van der Waals surface area (Å²) in [6, 6.07) is 20.1. The van der Waals surface area contributed by atoms with Crippen LogP contribution in [-0.2, 0) is 6.42 Å². The minimum Gasteiger partial charge on any atom is -0.497 e. The molecule has 1 aromatic heterocycles. The van der Waals surface area contributed by atoms with E-state index in [1.807, 2.05) is 30.3 Å². The molecule has 0 saturated heterocycles. The molecule has 0 saturated carbocycles. The summed E-state index contributed by atoms with van der Waals surface area (Å²) in [4.78, 5) is 13.1. The smallest absolute Gasteiger partial charge is 0.270 e. The largest absolute Gasteiger partial charge is 0.497 e. The van der Waals surface area contributed by atoms with Crippen LogP contribution in [0.3, 0.4) is 0 Å². The van der Waals surface area contributed by atoms with Crippen LogP contribution in [0.25, 0.3) is 16.9 Å². The van der Waals surface area contributed by atoms with Gasteiger partial charge < -0.3 is 10.1 Å². The molecule has 8 heteroatoms. The lowest BCUT2D eigenvalue weighted by Crippen LogP contribution is -2.27. The standard InChI is InChI=1S/C25H20Cl2FN3O2/c1-33-21-4-2-3-17(13-21)23-15-24(31(30-23)20-9-7-19(28)8-10-20)25(32)29-12-11-16-5-6-18(26)14-22(16)27/h2-10,13-15H,11-12H2,1H3,(H,29,32). The zero-order chi connectivity index (χ0) is 23.4. The summed E-state index contributed by atoms with van der Waals surface area (Å²) in [6.45, 7) is 0.364. The zero-order valence-corrected chi connectivity index (χ0v) is 19.2. The molecule has 0 aliphatic heterocycles. The Kier molecular flexibility index (Phi) is 6.96. The number of amides is 1. The first-order valence-corrected chi connectivity index (χ1v) is 10.9. The topological polar surface area (TPSA) is 56.1 Å². The van der Waals surface area contributed by atoms with E-state index in [1.165, 1.54) is 16.8 Å². The number of methoxy groups -OCH3 is 1. The Bertz CT molecular complexity index is 1290. The molecule has 0 atom stereocenters. The lowest BCUT2D eigenvalue weighted by molar-refractivity contribution is 0.0946. The number of benzene rings is 3. The lowest BCUT2D eigenvalue weighted by atomic mass is 10.1. The van der Waals surface area contributed by atoms with Crippen LogP contribution in [-0.4, -0.2) is 29.3 Å². The van der Waals surface area contributed by atoms with E-state index in [0.29, 0.717) is 45.8 Å². The molecule has 5 nitrogen and oxygen atoms in total. The number of aromatic nitrogens is 2. The van der Waals surface area contributed by atoms with Gasteiger partial charge in [-0.15, -0.1) is 0 Å². The molecule has 0 aliphatic rings. The highest BCUT2D eigenvalue weighted by molar-refractivity contribution is 6.35. The highest BCUT2D eigenvalue weighted by atomic mass is 35.5. The van der Waals surface area contributed by atoms with Gasteiger partial charge in [0.25, 0.3) is 5.91 Å². The van der Waals surface area contributed by atoms with Crippen LogP contribution in [0.4, 0.5) is 4.39 Å². The van der Waals surface area contributed by atoms with Gasteiger partial charge in [0, 0.05) is 22.2 Å². The second-order valence-electron chi connectivity index (χ2n) is 7.28. The van der Waals surface area contributed by atoms with E-state index in [2.05, 4.69) is 10.4 Å². The Morgan fingerprint density at radius 1 is 1.06 bits per heavy atom. The normalized spacial score (nSPS) is 10.8. The van der Waals surface area contributed by atoms with E-state index in [4.69, 9.17) is 27.9 Å². The van der Waals surface area contributed by atoms with Crippen molar-refractivity contribution in [2.45, 2.75) is 6.42 Å². The maximum Gasteiger partial charge on any atom is 0.270 e. The van der Waals surface area contributed by atoms with Gasteiger partial charge in [0.2, 0.25) is 0 Å². The van der Waals surface area contributed by atoms with E-state index >= 15 is 0 Å². The molecule has 0 spiro atoms. The van der Waals surface area contributed by atoms with E-state index in [-0.39, 0.29) is 11.7 Å². The van der Waals surface area contributed by atoms with Gasteiger partial charge in [0.05, 0.1) is 18.5 Å². The predicted octanol–water partition coefficient (Wildman–Crippen LogP) is 5.97. The van der Waals surface area contributed by atoms with Crippen molar-refractivity contribution in [2.75, 3.05) is 13.7 Å². The molecule has 0 radical (unpaired) electrons. The first kappa shape index (κ1) is 22.8. The lowest BCUT2D eigenvalue weighted by Gasteiger charge is -2.09. The maximum absolute atomic E-state index is 13.5. The Hall–Kier alpha value is -3.35. The van der Waals surface area contributed by atoms with E-state index in [0.717, 1.165) is 11.1 Å². The molecular formula is C25H20Cl2FN3O2. The van der Waals surface area contributed by atoms with Crippen molar-refractivity contribution in [1.82, 2.24) is 15.1 Å². The second-order valence-corrected chi connectivity index (χ2v) is 8.12. The fourth-order valence-electron chi connectivity index (χ4n) is 3.37. The average Bonchev–Trinajstić information content (AvgIpc) is 3.26. The molecule has 0 aliphatic carbocycles. The van der Waals surface area contributed by atoms with Crippen LogP contribution < -0.4 is 10.1 Å². The number of halogens is 3. The van der Waals surface area contributed by atoms with E-state index in [9.17, 15) is 9.18 Å². The predicted molar refractivity (Wildman–Crippen MR) is 128 cm³/mol. The molecule has 3 aromatic carbocycles. The number of nitrogens with zero attached hydrogens (tertiary/aromatic N) is 2. The summed E-state index contributed by atoms with van der Waals surface area (Å²) in [6.07, 6.45) is 0.537. The third-order valence-corrected chi connectivity index (χ3v) is 5.66. The van der Waals surface area contributed by atoms with Crippen molar-refractivity contribution in [2.24, 2.45) is 0 Å². The number of rotatable bonds is 7. The zero-order valence-electron chi connectivity index (χ0n) is 17.7. The Morgan fingerprint density at radius 3 is 2.58 bits per heavy atom. The Morgan fingerprint density at radius 2 is 1.85 bits per heavy atom. The number of carbonyl (C=O) groups is 1. The third kappa shape index (κ3) is 5.35. The Labute approximate surface area is 200 Å². The molecule has 33 heavy (non-hydrogen) atoms. The van der Waals surface area contributed by atoms with Crippen LogP contribution in [0.2, 0.25) is 10.0 Å². The summed E-state index contributed by atoms with van der Waals surface area (Å²) >= 11 is 12.2. The molecule has 0 fully saturated rings. The van der Waals surface area contributed by atoms with Crippen LogP contribution in [0, 0.1) is 5.82 Å². The van der Waals surface area contributed by atoms with Crippen molar-refractivity contribution in [3.05, 3.63) is 99.9 Å². The van der Waals surface area contributed by atoms with E-state index in [1.54, 1.807) is 37.4 Å². The third-order valence-electron chi connectivity index (χ3n) is 5.07. The molecule has 0 unspecified atom stereocenters. The SMILES string of the molecule is COc1cccc(-c2cc(C(=O)NCCc3ccc(Cl)cc3Cl)n(-c3ccc(F)cc3)n2)c1. The highest BCUT2D eigenvalue weighted by Crippen LogP contribution is 2.25. The van der Waals surface area contributed by atoms with Gasteiger partial charge in [-0.3, -0.25) is 4.79 Å². The van der Waals surface area contributed by atoms with E-state index < -0.39 is 0 Å². The van der Waals surface area contributed by atoms with Crippen molar-refractivity contribution < 1.29 is 13.9 Å². The fourth-order valence-corrected chi connectivity index (χ4v) is 3.87.